The number of anilines is 1. The van der Waals surface area contributed by atoms with Crippen LogP contribution in [0.25, 0.3) is 11.1 Å². The van der Waals surface area contributed by atoms with E-state index in [2.05, 4.69) is 19.1 Å². The molecule has 1 aromatic heterocycles. The Labute approximate surface area is 77.0 Å². The molecule has 0 aliphatic carbocycles. The summed E-state index contributed by atoms with van der Waals surface area (Å²) in [7, 11) is 0. The third kappa shape index (κ3) is 1.43. The second-order valence-corrected chi connectivity index (χ2v) is 3.06. The second kappa shape index (κ2) is 2.98. The van der Waals surface area contributed by atoms with E-state index < -0.39 is 0 Å². The molecule has 1 aromatic carbocycles. The van der Waals surface area contributed by atoms with Crippen molar-refractivity contribution in [2.75, 3.05) is 5.73 Å². The van der Waals surface area contributed by atoms with Crippen LogP contribution in [0.2, 0.25) is 0 Å². The number of furan rings is 1. The molecule has 0 fully saturated rings. The van der Waals surface area contributed by atoms with Gasteiger partial charge in [0.15, 0.2) is 5.88 Å². The highest BCUT2D eigenvalue weighted by Crippen LogP contribution is 2.26. The minimum absolute atomic E-state index is 0.476. The van der Waals surface area contributed by atoms with Gasteiger partial charge in [0.1, 0.15) is 0 Å². The molecule has 0 saturated heterocycles. The zero-order valence-corrected chi connectivity index (χ0v) is 7.45. The molecule has 0 aliphatic rings. The maximum atomic E-state index is 5.64. The Balaban J connectivity index is 2.47. The highest BCUT2D eigenvalue weighted by Gasteiger charge is 2.03. The van der Waals surface area contributed by atoms with Crippen LogP contribution < -0.4 is 5.73 Å². The molecular formula is C11H11NO. The van der Waals surface area contributed by atoms with Crippen LogP contribution in [0, 0.1) is 6.92 Å². The summed E-state index contributed by atoms with van der Waals surface area (Å²) >= 11 is 0. The maximum Gasteiger partial charge on any atom is 0.197 e. The van der Waals surface area contributed by atoms with Gasteiger partial charge in [-0.15, -0.1) is 0 Å². The van der Waals surface area contributed by atoms with Crippen molar-refractivity contribution in [3.8, 4) is 11.1 Å². The molecule has 66 valence electrons. The molecule has 0 amide bonds. The van der Waals surface area contributed by atoms with Gasteiger partial charge in [0, 0.05) is 5.56 Å². The molecule has 2 aromatic rings. The van der Waals surface area contributed by atoms with E-state index in [-0.39, 0.29) is 0 Å². The average Bonchev–Trinajstić information content (AvgIpc) is 2.53. The normalized spacial score (nSPS) is 10.2. The minimum atomic E-state index is 0.476. The monoisotopic (exact) mass is 173 g/mol. The van der Waals surface area contributed by atoms with E-state index in [0.29, 0.717) is 5.88 Å². The van der Waals surface area contributed by atoms with Crippen LogP contribution in [0.15, 0.2) is 41.0 Å². The third-order valence-corrected chi connectivity index (χ3v) is 2.06. The summed E-state index contributed by atoms with van der Waals surface area (Å²) in [5.74, 6) is 0.476. The molecule has 1 heterocycles. The molecule has 2 N–H and O–H groups in total. The molecule has 0 aliphatic heterocycles. The van der Waals surface area contributed by atoms with Gasteiger partial charge in [0.05, 0.1) is 6.26 Å². The standard InChI is InChI=1S/C11H11NO/c1-8-2-4-9(5-3-8)10-6-7-13-11(10)12/h2-7H,12H2,1H3. The lowest BCUT2D eigenvalue weighted by molar-refractivity contribution is 0.588. The Hall–Kier alpha value is -1.70. The summed E-state index contributed by atoms with van der Waals surface area (Å²) in [6.07, 6.45) is 1.60. The van der Waals surface area contributed by atoms with E-state index in [9.17, 15) is 0 Å². The van der Waals surface area contributed by atoms with Crippen LogP contribution in [-0.4, -0.2) is 0 Å². The van der Waals surface area contributed by atoms with E-state index in [1.54, 1.807) is 6.26 Å². The number of hydrogen-bond donors (Lipinski definition) is 1. The Bertz CT molecular complexity index is 400. The smallest absolute Gasteiger partial charge is 0.197 e. The number of nitrogen functional groups attached to an aromatic ring is 1. The van der Waals surface area contributed by atoms with E-state index in [4.69, 9.17) is 10.2 Å². The van der Waals surface area contributed by atoms with Gasteiger partial charge in [-0.2, -0.15) is 0 Å². The van der Waals surface area contributed by atoms with E-state index >= 15 is 0 Å². The molecular weight excluding hydrogens is 162 g/mol. The van der Waals surface area contributed by atoms with E-state index in [1.807, 2.05) is 18.2 Å². The number of benzene rings is 1. The van der Waals surface area contributed by atoms with Crippen molar-refractivity contribution in [3.63, 3.8) is 0 Å². The van der Waals surface area contributed by atoms with Gasteiger partial charge in [-0.05, 0) is 18.6 Å². The lowest BCUT2D eigenvalue weighted by Gasteiger charge is -1.98. The maximum absolute atomic E-state index is 5.64. The Kier molecular flexibility index (Phi) is 1.81. The van der Waals surface area contributed by atoms with Crippen molar-refractivity contribution in [2.24, 2.45) is 0 Å². The van der Waals surface area contributed by atoms with Crippen LogP contribution in [0.4, 0.5) is 5.88 Å². The first-order valence-electron chi connectivity index (χ1n) is 4.17. The quantitative estimate of drug-likeness (QED) is 0.720. The lowest BCUT2D eigenvalue weighted by atomic mass is 10.1. The zero-order valence-electron chi connectivity index (χ0n) is 7.45. The summed E-state index contributed by atoms with van der Waals surface area (Å²) < 4.78 is 5.03. The van der Waals surface area contributed by atoms with Gasteiger partial charge in [0.2, 0.25) is 0 Å². The summed E-state index contributed by atoms with van der Waals surface area (Å²) in [6, 6.07) is 10.1. The summed E-state index contributed by atoms with van der Waals surface area (Å²) in [6.45, 7) is 2.06. The Morgan fingerprint density at radius 1 is 1.08 bits per heavy atom. The first-order valence-corrected chi connectivity index (χ1v) is 4.17. The first kappa shape index (κ1) is 7.92. The second-order valence-electron chi connectivity index (χ2n) is 3.06. The topological polar surface area (TPSA) is 39.2 Å². The molecule has 13 heavy (non-hydrogen) atoms. The number of hydrogen-bond acceptors (Lipinski definition) is 2. The Morgan fingerprint density at radius 2 is 1.77 bits per heavy atom. The molecule has 0 atom stereocenters. The highest BCUT2D eigenvalue weighted by atomic mass is 16.3. The lowest BCUT2D eigenvalue weighted by Crippen LogP contribution is -1.84. The summed E-state index contributed by atoms with van der Waals surface area (Å²) in [5.41, 5.74) is 8.94. The van der Waals surface area contributed by atoms with Gasteiger partial charge in [-0.3, -0.25) is 0 Å². The van der Waals surface area contributed by atoms with Gasteiger partial charge in [-0.1, -0.05) is 29.8 Å². The van der Waals surface area contributed by atoms with Crippen molar-refractivity contribution in [1.82, 2.24) is 0 Å². The van der Waals surface area contributed by atoms with Crippen LogP contribution in [-0.2, 0) is 0 Å². The molecule has 2 rings (SSSR count). The fourth-order valence-electron chi connectivity index (χ4n) is 1.29. The third-order valence-electron chi connectivity index (χ3n) is 2.06. The minimum Gasteiger partial charge on any atom is -0.449 e. The van der Waals surface area contributed by atoms with E-state index in [0.717, 1.165) is 11.1 Å². The number of nitrogens with two attached hydrogens (primary N) is 1. The molecule has 0 saturated carbocycles. The van der Waals surface area contributed by atoms with Crippen molar-refractivity contribution >= 4 is 5.88 Å². The molecule has 2 nitrogen and oxygen atoms in total. The predicted molar refractivity (Wildman–Crippen MR) is 53.3 cm³/mol. The van der Waals surface area contributed by atoms with Gasteiger partial charge >= 0.3 is 0 Å². The summed E-state index contributed by atoms with van der Waals surface area (Å²) in [4.78, 5) is 0. The van der Waals surface area contributed by atoms with Crippen molar-refractivity contribution in [1.29, 1.82) is 0 Å². The van der Waals surface area contributed by atoms with Crippen LogP contribution >= 0.6 is 0 Å². The van der Waals surface area contributed by atoms with Gasteiger partial charge in [0.25, 0.3) is 0 Å². The van der Waals surface area contributed by atoms with Crippen LogP contribution in [0.3, 0.4) is 0 Å². The van der Waals surface area contributed by atoms with Crippen molar-refractivity contribution in [3.05, 3.63) is 42.2 Å². The predicted octanol–water partition coefficient (Wildman–Crippen LogP) is 2.84. The Morgan fingerprint density at radius 3 is 2.31 bits per heavy atom. The zero-order chi connectivity index (χ0) is 9.26. The van der Waals surface area contributed by atoms with Crippen molar-refractivity contribution in [2.45, 2.75) is 6.92 Å². The summed E-state index contributed by atoms with van der Waals surface area (Å²) in [5, 5.41) is 0. The molecule has 0 radical (unpaired) electrons. The number of aryl methyl sites for hydroxylation is 1. The number of rotatable bonds is 1. The average molecular weight is 173 g/mol. The molecule has 0 bridgehead atoms. The highest BCUT2D eigenvalue weighted by molar-refractivity contribution is 5.72. The first-order chi connectivity index (χ1) is 6.27. The van der Waals surface area contributed by atoms with Gasteiger partial charge in [-0.25, -0.2) is 0 Å². The largest absolute Gasteiger partial charge is 0.449 e. The van der Waals surface area contributed by atoms with Crippen molar-refractivity contribution < 1.29 is 4.42 Å². The SMILES string of the molecule is Cc1ccc(-c2ccoc2N)cc1. The molecule has 2 heteroatoms. The van der Waals surface area contributed by atoms with Gasteiger partial charge < -0.3 is 10.2 Å². The molecule has 0 spiro atoms. The fraction of sp³-hybridized carbons (Fsp3) is 0.0909. The van der Waals surface area contributed by atoms with E-state index in [1.165, 1.54) is 5.56 Å². The van der Waals surface area contributed by atoms with Crippen LogP contribution in [0.1, 0.15) is 5.56 Å². The van der Waals surface area contributed by atoms with Crippen LogP contribution in [0.5, 0.6) is 0 Å². The fourth-order valence-corrected chi connectivity index (χ4v) is 1.29. The molecule has 0 unspecified atom stereocenters.